The molecule has 1 aromatic carbocycles. The van der Waals surface area contributed by atoms with Crippen LogP contribution < -0.4 is 0 Å². The molecule has 19 heavy (non-hydrogen) atoms. The minimum absolute atomic E-state index is 0.257. The van der Waals surface area contributed by atoms with Gasteiger partial charge in [-0.2, -0.15) is 0 Å². The van der Waals surface area contributed by atoms with Gasteiger partial charge >= 0.3 is 0 Å². The van der Waals surface area contributed by atoms with Crippen molar-refractivity contribution in [1.29, 1.82) is 0 Å². The Labute approximate surface area is 116 Å². The molecule has 0 aliphatic heterocycles. The van der Waals surface area contributed by atoms with E-state index in [0.29, 0.717) is 12.1 Å². The molecule has 0 fully saturated rings. The van der Waals surface area contributed by atoms with E-state index in [1.807, 2.05) is 44.4 Å². The molecule has 0 radical (unpaired) electrons. The Bertz CT molecular complexity index is 605. The summed E-state index contributed by atoms with van der Waals surface area (Å²) in [7, 11) is 3.67. The van der Waals surface area contributed by atoms with Gasteiger partial charge in [-0.05, 0) is 12.1 Å². The summed E-state index contributed by atoms with van der Waals surface area (Å²) in [5.74, 6) is 0.303. The molecule has 0 aliphatic carbocycles. The summed E-state index contributed by atoms with van der Waals surface area (Å²) < 4.78 is 1.49. The van der Waals surface area contributed by atoms with Crippen molar-refractivity contribution in [3.8, 4) is 5.69 Å². The zero-order valence-corrected chi connectivity index (χ0v) is 11.4. The highest BCUT2D eigenvalue weighted by atomic mass is 35.5. The molecule has 0 N–H and O–H groups in total. The standard InChI is InChI=1S/C13H13ClN4O/c1-17(2)9-15-13-11(8-19)12(14)18(16-13)10-6-4-3-5-7-10/h3-9H,1-2H3/b15-9+. The summed E-state index contributed by atoms with van der Waals surface area (Å²) in [6.45, 7) is 0. The summed E-state index contributed by atoms with van der Waals surface area (Å²) in [6, 6.07) is 9.35. The van der Waals surface area contributed by atoms with Crippen LogP contribution in [-0.4, -0.2) is 41.4 Å². The molecule has 6 heteroatoms. The van der Waals surface area contributed by atoms with Crippen molar-refractivity contribution in [3.05, 3.63) is 41.0 Å². The highest BCUT2D eigenvalue weighted by Crippen LogP contribution is 2.27. The van der Waals surface area contributed by atoms with Crippen LogP contribution in [0.1, 0.15) is 10.4 Å². The lowest BCUT2D eigenvalue weighted by molar-refractivity contribution is 0.112. The van der Waals surface area contributed by atoms with Crippen molar-refractivity contribution in [2.75, 3.05) is 14.1 Å². The SMILES string of the molecule is CN(C)/C=N/c1nn(-c2ccccc2)c(Cl)c1C=O. The maximum atomic E-state index is 11.1. The van der Waals surface area contributed by atoms with Crippen molar-refractivity contribution in [1.82, 2.24) is 14.7 Å². The second-order valence-electron chi connectivity index (χ2n) is 4.10. The summed E-state index contributed by atoms with van der Waals surface area (Å²) in [4.78, 5) is 17.0. The monoisotopic (exact) mass is 276 g/mol. The third kappa shape index (κ3) is 2.82. The lowest BCUT2D eigenvalue weighted by Gasteiger charge is -2.01. The second-order valence-corrected chi connectivity index (χ2v) is 4.46. The molecular weight excluding hydrogens is 264 g/mol. The average molecular weight is 277 g/mol. The van der Waals surface area contributed by atoms with E-state index >= 15 is 0 Å². The molecule has 1 aromatic heterocycles. The van der Waals surface area contributed by atoms with Crippen LogP contribution in [0.15, 0.2) is 35.3 Å². The van der Waals surface area contributed by atoms with Crippen LogP contribution >= 0.6 is 11.6 Å². The van der Waals surface area contributed by atoms with Crippen molar-refractivity contribution >= 4 is 30.0 Å². The quantitative estimate of drug-likeness (QED) is 0.490. The molecule has 98 valence electrons. The van der Waals surface area contributed by atoms with Crippen LogP contribution in [0.4, 0.5) is 5.82 Å². The second kappa shape index (κ2) is 5.67. The summed E-state index contributed by atoms with van der Waals surface area (Å²) in [5, 5.41) is 4.51. The third-order valence-corrected chi connectivity index (χ3v) is 2.74. The van der Waals surface area contributed by atoms with Gasteiger partial charge in [0.15, 0.2) is 12.1 Å². The number of carbonyl (C=O) groups is 1. The predicted molar refractivity (Wildman–Crippen MR) is 75.8 cm³/mol. The van der Waals surface area contributed by atoms with Crippen LogP contribution in [-0.2, 0) is 0 Å². The number of nitrogens with zero attached hydrogens (tertiary/aromatic N) is 4. The number of aromatic nitrogens is 2. The van der Waals surface area contributed by atoms with Gasteiger partial charge in [-0.15, -0.1) is 5.10 Å². The minimum Gasteiger partial charge on any atom is -0.369 e. The van der Waals surface area contributed by atoms with E-state index in [1.165, 1.54) is 4.68 Å². The maximum absolute atomic E-state index is 11.1. The molecule has 2 rings (SSSR count). The van der Waals surface area contributed by atoms with E-state index in [1.54, 1.807) is 11.2 Å². The first kappa shape index (κ1) is 13.3. The number of hydrogen-bond acceptors (Lipinski definition) is 3. The van der Waals surface area contributed by atoms with E-state index in [0.717, 1.165) is 5.69 Å². The fourth-order valence-corrected chi connectivity index (χ4v) is 1.77. The van der Waals surface area contributed by atoms with E-state index < -0.39 is 0 Å². The fourth-order valence-electron chi connectivity index (χ4n) is 1.51. The lowest BCUT2D eigenvalue weighted by atomic mass is 10.3. The number of carbonyl (C=O) groups excluding carboxylic acids is 1. The number of hydrogen-bond donors (Lipinski definition) is 0. The average Bonchev–Trinajstić information content (AvgIpc) is 2.73. The summed E-state index contributed by atoms with van der Waals surface area (Å²) in [5.41, 5.74) is 1.06. The molecule has 0 unspecified atom stereocenters. The Hall–Kier alpha value is -2.14. The fraction of sp³-hybridized carbons (Fsp3) is 0.154. The smallest absolute Gasteiger partial charge is 0.187 e. The van der Waals surface area contributed by atoms with E-state index in [2.05, 4.69) is 10.1 Å². The Morgan fingerprint density at radius 3 is 2.58 bits per heavy atom. The summed E-state index contributed by atoms with van der Waals surface area (Å²) >= 11 is 6.16. The van der Waals surface area contributed by atoms with Gasteiger partial charge in [0, 0.05) is 14.1 Å². The van der Waals surface area contributed by atoms with Gasteiger partial charge in [-0.1, -0.05) is 29.8 Å². The number of aldehydes is 1. The van der Waals surface area contributed by atoms with Gasteiger partial charge in [0.1, 0.15) is 5.15 Å². The topological polar surface area (TPSA) is 50.5 Å². The van der Waals surface area contributed by atoms with Crippen molar-refractivity contribution < 1.29 is 4.79 Å². The van der Waals surface area contributed by atoms with Crippen LogP contribution in [0.2, 0.25) is 5.15 Å². The summed E-state index contributed by atoms with van der Waals surface area (Å²) in [6.07, 6.45) is 2.23. The highest BCUT2D eigenvalue weighted by molar-refractivity contribution is 6.32. The van der Waals surface area contributed by atoms with E-state index in [4.69, 9.17) is 11.6 Å². The minimum atomic E-state index is 0.257. The Morgan fingerprint density at radius 1 is 1.32 bits per heavy atom. The first-order chi connectivity index (χ1) is 9.13. The van der Waals surface area contributed by atoms with Gasteiger partial charge in [0.2, 0.25) is 0 Å². The molecule has 5 nitrogen and oxygen atoms in total. The van der Waals surface area contributed by atoms with Gasteiger partial charge in [0.25, 0.3) is 0 Å². The number of rotatable bonds is 4. The van der Waals surface area contributed by atoms with Crippen molar-refractivity contribution in [3.63, 3.8) is 0 Å². The molecule has 0 amide bonds. The first-order valence-corrected chi connectivity index (χ1v) is 6.01. The number of halogens is 1. The molecule has 2 aromatic rings. The maximum Gasteiger partial charge on any atom is 0.187 e. The normalized spacial score (nSPS) is 10.9. The van der Waals surface area contributed by atoms with Gasteiger partial charge in [-0.25, -0.2) is 9.67 Å². The highest BCUT2D eigenvalue weighted by Gasteiger charge is 2.16. The lowest BCUT2D eigenvalue weighted by Crippen LogP contribution is -2.07. The zero-order valence-electron chi connectivity index (χ0n) is 10.6. The van der Waals surface area contributed by atoms with Crippen LogP contribution in [0, 0.1) is 0 Å². The van der Waals surface area contributed by atoms with Crippen LogP contribution in [0.3, 0.4) is 0 Å². The molecule has 1 heterocycles. The molecule has 0 saturated heterocycles. The van der Waals surface area contributed by atoms with Gasteiger partial charge in [0.05, 0.1) is 17.6 Å². The third-order valence-electron chi connectivity index (χ3n) is 2.37. The van der Waals surface area contributed by atoms with Crippen molar-refractivity contribution in [2.45, 2.75) is 0 Å². The number of para-hydroxylation sites is 1. The van der Waals surface area contributed by atoms with E-state index in [-0.39, 0.29) is 10.7 Å². The molecule has 0 spiro atoms. The molecule has 0 saturated carbocycles. The first-order valence-electron chi connectivity index (χ1n) is 5.63. The van der Waals surface area contributed by atoms with Gasteiger partial charge in [-0.3, -0.25) is 4.79 Å². The molecular formula is C13H13ClN4O. The molecule has 0 aliphatic rings. The molecule has 0 bridgehead atoms. The number of aliphatic imine (C=N–C) groups is 1. The van der Waals surface area contributed by atoms with Gasteiger partial charge < -0.3 is 4.90 Å². The largest absolute Gasteiger partial charge is 0.369 e. The van der Waals surface area contributed by atoms with Crippen LogP contribution in [0.25, 0.3) is 5.69 Å². The van der Waals surface area contributed by atoms with E-state index in [9.17, 15) is 4.79 Å². The predicted octanol–water partition coefficient (Wildman–Crippen LogP) is 2.56. The van der Waals surface area contributed by atoms with Crippen molar-refractivity contribution in [2.24, 2.45) is 4.99 Å². The van der Waals surface area contributed by atoms with Crippen LogP contribution in [0.5, 0.6) is 0 Å². The Morgan fingerprint density at radius 2 is 2.00 bits per heavy atom. The Balaban J connectivity index is 2.50. The Kier molecular flexibility index (Phi) is 3.97. The zero-order chi connectivity index (χ0) is 13.8. The number of benzene rings is 1. The molecule has 0 atom stereocenters.